The number of aryl methyl sites for hydroxylation is 15. The van der Waals surface area contributed by atoms with Gasteiger partial charge in [-0.05, 0) is 277 Å². The molecule has 4 aromatic carbocycles. The van der Waals surface area contributed by atoms with Crippen molar-refractivity contribution in [1.82, 2.24) is 39.6 Å². The predicted molar refractivity (Wildman–Crippen MR) is 447 cm³/mol. The van der Waals surface area contributed by atoms with E-state index in [1.165, 1.54) is 158 Å². The minimum atomic E-state index is 0.168. The highest BCUT2D eigenvalue weighted by molar-refractivity contribution is 5.92. The van der Waals surface area contributed by atoms with Crippen LogP contribution in [-0.4, -0.2) is 135 Å². The summed E-state index contributed by atoms with van der Waals surface area (Å²) in [5, 5.41) is 0. The first-order chi connectivity index (χ1) is 51.2. The van der Waals surface area contributed by atoms with Gasteiger partial charge in [-0.3, -0.25) is 39.6 Å². The van der Waals surface area contributed by atoms with E-state index in [1.807, 2.05) is 0 Å². The highest BCUT2D eigenvalue weighted by Gasteiger charge is 2.47. The lowest BCUT2D eigenvalue weighted by atomic mass is 9.96. The molecule has 0 N–H and O–H groups in total. The minimum absolute atomic E-state index is 0.168. The molecule has 1 saturated carbocycles. The first-order valence-electron chi connectivity index (χ1n) is 39.9. The molecule has 13 heterocycles. The molecule has 9 aromatic rings. The molecular weight excluding hydrogens is 1320 g/mol. The molecular formula is C92H119N15. The van der Waals surface area contributed by atoms with Crippen LogP contribution in [0.15, 0.2) is 127 Å². The molecule has 562 valence electrons. The molecule has 6 fully saturated rings. The van der Waals surface area contributed by atoms with E-state index < -0.39 is 0 Å². The quantitative estimate of drug-likeness (QED) is 0.163. The second kappa shape index (κ2) is 30.3. The number of para-hydroxylation sites is 3. The summed E-state index contributed by atoms with van der Waals surface area (Å²) in [4.78, 5) is 49.0. The Balaban J connectivity index is 0.000000113. The van der Waals surface area contributed by atoms with Gasteiger partial charge in [-0.1, -0.05) is 78.9 Å². The molecule has 15 heteroatoms. The third-order valence-corrected chi connectivity index (χ3v) is 25.3. The highest BCUT2D eigenvalue weighted by atomic mass is 15.5. The summed E-state index contributed by atoms with van der Waals surface area (Å²) >= 11 is 0. The van der Waals surface area contributed by atoms with Crippen molar-refractivity contribution in [3.8, 4) is 11.1 Å². The van der Waals surface area contributed by atoms with Crippen LogP contribution in [0.25, 0.3) is 11.1 Å². The standard InChI is InChI=1S/C23H25N3.2C19H23N3.C16H25N3.C15H23N3/c1-15-14-16(2)24-17(3)23(15)26-18(4)25(5)21-12-8-6-10-19(21)20-11-7-9-13-22(20)26;1-12-9-13(2)20-14(3)19(12)22-15(4)21-11-17(22)10-16-7-5-6-8-18(16)21;1-12-9-13(2)20-14(3)19(12)22-15(4)21-10-16-7-5-6-8-17(16)18(22)11-21;1-10-8-11(2)17-12(3)16(10)19-13(4)18(5)14-6-7-15(19)9-14;1-10-8-11(2)16-12(3)15(10)18-13(4)17-7-5-6-14(18)9-17/h6-14,18H,1-5H3;5-9,15,17H,10-11H2,1-4H3;5-9,15,18H,10-11H2,1-4H3;8,13-15H,6-7,9H2,1-5H3;8,13-14H,5-7,9H2,1-4H3. The fourth-order valence-corrected chi connectivity index (χ4v) is 20.8. The van der Waals surface area contributed by atoms with E-state index >= 15 is 0 Å². The van der Waals surface area contributed by atoms with Crippen molar-refractivity contribution in [1.29, 1.82) is 0 Å². The predicted octanol–water partition coefficient (Wildman–Crippen LogP) is 18.6. The van der Waals surface area contributed by atoms with Crippen LogP contribution in [0.5, 0.6) is 0 Å². The summed E-state index contributed by atoms with van der Waals surface area (Å²) in [5.74, 6) is 0. The molecule has 8 bridgehead atoms. The van der Waals surface area contributed by atoms with Crippen LogP contribution in [-0.2, 0) is 13.0 Å². The fourth-order valence-electron chi connectivity index (χ4n) is 20.8. The van der Waals surface area contributed by atoms with Gasteiger partial charge in [-0.15, -0.1) is 0 Å². The van der Waals surface area contributed by atoms with E-state index in [9.17, 15) is 0 Å². The van der Waals surface area contributed by atoms with E-state index in [-0.39, 0.29) is 6.17 Å². The zero-order chi connectivity index (χ0) is 75.9. The molecule has 9 aliphatic rings. The van der Waals surface area contributed by atoms with Gasteiger partial charge in [-0.2, -0.15) is 0 Å². The first kappa shape index (κ1) is 74.9. The van der Waals surface area contributed by atoms with Crippen LogP contribution in [0.3, 0.4) is 0 Å². The first-order valence-corrected chi connectivity index (χ1v) is 39.9. The van der Waals surface area contributed by atoms with E-state index in [0.29, 0.717) is 48.8 Å². The molecule has 12 atom stereocenters. The van der Waals surface area contributed by atoms with Gasteiger partial charge in [0.25, 0.3) is 0 Å². The van der Waals surface area contributed by atoms with Gasteiger partial charge in [0.1, 0.15) is 6.17 Å². The molecule has 5 saturated heterocycles. The topological polar surface area (TPSA) is 96.8 Å². The number of aromatic nitrogens is 5. The van der Waals surface area contributed by atoms with Crippen LogP contribution in [0.2, 0.25) is 0 Å². The molecule has 107 heavy (non-hydrogen) atoms. The van der Waals surface area contributed by atoms with Gasteiger partial charge < -0.3 is 34.3 Å². The van der Waals surface area contributed by atoms with Crippen LogP contribution >= 0.6 is 0 Å². The van der Waals surface area contributed by atoms with Crippen LogP contribution in [0.1, 0.15) is 174 Å². The van der Waals surface area contributed by atoms with Crippen molar-refractivity contribution < 1.29 is 0 Å². The summed E-state index contributed by atoms with van der Waals surface area (Å²) in [5.41, 5.74) is 35.4. The lowest BCUT2D eigenvalue weighted by Gasteiger charge is -2.47. The van der Waals surface area contributed by atoms with E-state index in [2.05, 4.69) is 334 Å². The number of anilines is 8. The molecule has 0 spiro atoms. The molecule has 15 nitrogen and oxygen atoms in total. The molecule has 0 radical (unpaired) electrons. The average molecular weight is 1440 g/mol. The summed E-state index contributed by atoms with van der Waals surface area (Å²) in [6.45, 7) is 49.5. The van der Waals surface area contributed by atoms with Gasteiger partial charge >= 0.3 is 0 Å². The van der Waals surface area contributed by atoms with E-state index in [4.69, 9.17) is 19.9 Å². The minimum Gasteiger partial charge on any atom is -0.354 e. The second-order valence-electron chi connectivity index (χ2n) is 32.7. The Morgan fingerprint density at radius 3 is 1.32 bits per heavy atom. The van der Waals surface area contributed by atoms with E-state index in [0.717, 1.165) is 77.6 Å². The summed E-state index contributed by atoms with van der Waals surface area (Å²) in [7, 11) is 4.45. The van der Waals surface area contributed by atoms with Crippen molar-refractivity contribution in [2.24, 2.45) is 0 Å². The van der Waals surface area contributed by atoms with Crippen LogP contribution in [0.4, 0.5) is 45.5 Å². The van der Waals surface area contributed by atoms with Crippen molar-refractivity contribution in [2.75, 3.05) is 74.6 Å². The molecule has 12 unspecified atom stereocenters. The van der Waals surface area contributed by atoms with E-state index in [1.54, 1.807) is 0 Å². The van der Waals surface area contributed by atoms with Crippen LogP contribution in [0, 0.1) is 104 Å². The summed E-state index contributed by atoms with van der Waals surface area (Å²) in [6.07, 6.45) is 9.75. The lowest BCUT2D eigenvalue weighted by Crippen LogP contribution is -2.56. The highest BCUT2D eigenvalue weighted by Crippen LogP contribution is 2.49. The Labute approximate surface area is 640 Å². The lowest BCUT2D eigenvalue weighted by molar-refractivity contribution is 0.149. The number of fused-ring (bicyclic) bond motifs is 15. The van der Waals surface area contributed by atoms with Gasteiger partial charge in [0.05, 0.1) is 99.3 Å². The summed E-state index contributed by atoms with van der Waals surface area (Å²) < 4.78 is 0. The van der Waals surface area contributed by atoms with Gasteiger partial charge in [0.2, 0.25) is 0 Å². The zero-order valence-electron chi connectivity index (χ0n) is 68.4. The number of hydrogen-bond acceptors (Lipinski definition) is 15. The zero-order valence-corrected chi connectivity index (χ0v) is 68.4. The van der Waals surface area contributed by atoms with Gasteiger partial charge in [-0.25, -0.2) is 0 Å². The third-order valence-electron chi connectivity index (χ3n) is 25.3. The molecule has 0 amide bonds. The third kappa shape index (κ3) is 14.0. The molecule has 8 aliphatic heterocycles. The number of nitrogens with zero attached hydrogens (tertiary/aromatic N) is 15. The van der Waals surface area contributed by atoms with Crippen molar-refractivity contribution in [3.05, 3.63) is 229 Å². The number of hydrogen-bond donors (Lipinski definition) is 0. The molecule has 1 aliphatic carbocycles. The SMILES string of the molecule is Cc1cc(C)c(N2C3CCC(C3)N(C)C2C)c(C)n1.Cc1cc(C)c(N2C3CCCN(C3)C2C)c(C)n1.Cc1cc(C)c(N2C3CN(Cc4ccccc43)C2C)c(C)n1.Cc1cc(C)c(N2C3Cc4ccccc4N(C3)C2C)c(C)n1.Cc1cc(C)c(N2c3ccccc3-c3ccccc3N(C)C2C)c(C)n1. The maximum Gasteiger partial charge on any atom is 0.103 e. The fraction of sp³-hybridized carbons (Fsp3) is 0.467. The molecule has 5 aromatic heterocycles. The van der Waals surface area contributed by atoms with Crippen molar-refractivity contribution >= 4 is 45.5 Å². The van der Waals surface area contributed by atoms with Crippen LogP contribution < -0.4 is 34.3 Å². The Bertz CT molecular complexity index is 4650. The van der Waals surface area contributed by atoms with Gasteiger partial charge in [0, 0.05) is 109 Å². The maximum absolute atomic E-state index is 4.76. The number of pyridine rings is 5. The van der Waals surface area contributed by atoms with Crippen molar-refractivity contribution in [3.63, 3.8) is 0 Å². The Morgan fingerprint density at radius 2 is 0.785 bits per heavy atom. The normalized spacial score (nSPS) is 24.7. The summed E-state index contributed by atoms with van der Waals surface area (Å²) in [6, 6.07) is 49.3. The van der Waals surface area contributed by atoms with Crippen molar-refractivity contribution in [2.45, 2.75) is 245 Å². The molecule has 18 rings (SSSR count). The Kier molecular flexibility index (Phi) is 21.2. The number of rotatable bonds is 5. The monoisotopic (exact) mass is 1430 g/mol. The largest absolute Gasteiger partial charge is 0.354 e. The Morgan fingerprint density at radius 1 is 0.355 bits per heavy atom. The van der Waals surface area contributed by atoms with Gasteiger partial charge in [0.15, 0.2) is 0 Å². The number of benzene rings is 4. The Hall–Kier alpha value is -8.89. The maximum atomic E-state index is 4.76. The average Bonchev–Trinajstić information content (AvgIpc) is 1.61. The number of piperidine rings is 1. The smallest absolute Gasteiger partial charge is 0.103 e. The second-order valence-corrected chi connectivity index (χ2v) is 32.7.